The van der Waals surface area contributed by atoms with Gasteiger partial charge in [-0.1, -0.05) is 61.9 Å². The molecule has 0 saturated carbocycles. The van der Waals surface area contributed by atoms with Crippen molar-refractivity contribution in [2.45, 2.75) is 33.7 Å². The topological polar surface area (TPSA) is 54.0 Å². The lowest BCUT2D eigenvalue weighted by atomic mass is 9.96. The largest absolute Gasteiger partial charge is 0.351 e. The lowest BCUT2D eigenvalue weighted by Crippen LogP contribution is -2.34. The molecule has 0 saturated heterocycles. The number of fused-ring (bicyclic) bond motifs is 1. The number of carbonyl (C=O) groups is 1. The molecule has 3 rings (SSSR count). The molecule has 0 unspecified atom stereocenters. The smallest absolute Gasteiger partial charge is 0.253 e. The summed E-state index contributed by atoms with van der Waals surface area (Å²) < 4.78 is 0. The Morgan fingerprint density at radius 1 is 1.04 bits per heavy atom. The minimum Gasteiger partial charge on any atom is -0.351 e. The molecule has 1 heterocycles. The standard InChI is InChI=1S/C23H27N3O/c1-15(2)24-11-12-25-23(27)21-14-26-22(18-8-6-5-7-17(18)4)19-10-9-16(3)13-20(19)21/h5-10,13-15,24H,11-12H2,1-4H3,(H,25,27). The van der Waals surface area contributed by atoms with Crippen molar-refractivity contribution in [3.63, 3.8) is 0 Å². The van der Waals surface area contributed by atoms with Gasteiger partial charge in [0.25, 0.3) is 5.91 Å². The summed E-state index contributed by atoms with van der Waals surface area (Å²) in [6.45, 7) is 9.64. The fourth-order valence-corrected chi connectivity index (χ4v) is 3.22. The van der Waals surface area contributed by atoms with Crippen molar-refractivity contribution in [1.29, 1.82) is 0 Å². The predicted molar refractivity (Wildman–Crippen MR) is 112 cm³/mol. The van der Waals surface area contributed by atoms with Crippen LogP contribution in [0.15, 0.2) is 48.7 Å². The molecule has 2 aromatic carbocycles. The van der Waals surface area contributed by atoms with Gasteiger partial charge in [0.05, 0.1) is 11.3 Å². The molecule has 0 fully saturated rings. The molecule has 140 valence electrons. The molecule has 27 heavy (non-hydrogen) atoms. The summed E-state index contributed by atoms with van der Waals surface area (Å²) in [6, 6.07) is 14.8. The van der Waals surface area contributed by atoms with Gasteiger partial charge in [0.15, 0.2) is 0 Å². The Morgan fingerprint density at radius 2 is 1.81 bits per heavy atom. The Hall–Kier alpha value is -2.72. The number of carbonyl (C=O) groups excluding carboxylic acids is 1. The molecule has 4 heteroatoms. The zero-order valence-corrected chi connectivity index (χ0v) is 16.5. The predicted octanol–water partition coefficient (Wildman–Crippen LogP) is 4.25. The molecule has 0 radical (unpaired) electrons. The number of nitrogens with one attached hydrogen (secondary N) is 2. The third kappa shape index (κ3) is 4.34. The fraction of sp³-hybridized carbons (Fsp3) is 0.304. The summed E-state index contributed by atoms with van der Waals surface area (Å²) in [7, 11) is 0. The fourth-order valence-electron chi connectivity index (χ4n) is 3.22. The summed E-state index contributed by atoms with van der Waals surface area (Å²) in [4.78, 5) is 17.4. The van der Waals surface area contributed by atoms with E-state index < -0.39 is 0 Å². The summed E-state index contributed by atoms with van der Waals surface area (Å²) in [5.41, 5.74) is 4.93. The summed E-state index contributed by atoms with van der Waals surface area (Å²) in [5.74, 6) is -0.0833. The van der Waals surface area contributed by atoms with E-state index in [-0.39, 0.29) is 5.91 Å². The SMILES string of the molecule is Cc1ccc2c(-c3ccccc3C)ncc(C(=O)NCCNC(C)C)c2c1. The van der Waals surface area contributed by atoms with Crippen LogP contribution in [0.4, 0.5) is 0 Å². The first-order valence-electron chi connectivity index (χ1n) is 9.44. The van der Waals surface area contributed by atoms with E-state index in [1.165, 1.54) is 5.56 Å². The van der Waals surface area contributed by atoms with Gasteiger partial charge in [0.2, 0.25) is 0 Å². The van der Waals surface area contributed by atoms with Gasteiger partial charge in [-0.15, -0.1) is 0 Å². The second kappa shape index (κ2) is 8.31. The van der Waals surface area contributed by atoms with Crippen molar-refractivity contribution < 1.29 is 4.79 Å². The van der Waals surface area contributed by atoms with Crippen LogP contribution in [0.25, 0.3) is 22.0 Å². The highest BCUT2D eigenvalue weighted by atomic mass is 16.1. The number of aryl methyl sites for hydroxylation is 2. The number of amides is 1. The van der Waals surface area contributed by atoms with Crippen molar-refractivity contribution in [3.05, 3.63) is 65.4 Å². The minimum absolute atomic E-state index is 0.0833. The van der Waals surface area contributed by atoms with Gasteiger partial charge in [0.1, 0.15) is 0 Å². The maximum Gasteiger partial charge on any atom is 0.253 e. The second-order valence-electron chi connectivity index (χ2n) is 7.25. The first-order valence-corrected chi connectivity index (χ1v) is 9.44. The number of benzene rings is 2. The van der Waals surface area contributed by atoms with Crippen LogP contribution in [0, 0.1) is 13.8 Å². The maximum atomic E-state index is 12.8. The molecule has 0 atom stereocenters. The van der Waals surface area contributed by atoms with Crippen LogP contribution in [0.2, 0.25) is 0 Å². The highest BCUT2D eigenvalue weighted by Gasteiger charge is 2.15. The monoisotopic (exact) mass is 361 g/mol. The lowest BCUT2D eigenvalue weighted by molar-refractivity contribution is 0.0955. The Balaban J connectivity index is 1.98. The van der Waals surface area contributed by atoms with E-state index in [1.54, 1.807) is 6.20 Å². The van der Waals surface area contributed by atoms with Crippen molar-refractivity contribution >= 4 is 16.7 Å². The van der Waals surface area contributed by atoms with Gasteiger partial charge in [0, 0.05) is 36.3 Å². The maximum absolute atomic E-state index is 12.8. The van der Waals surface area contributed by atoms with Crippen LogP contribution in [0.1, 0.15) is 35.3 Å². The van der Waals surface area contributed by atoms with Crippen molar-refractivity contribution in [2.75, 3.05) is 13.1 Å². The Morgan fingerprint density at radius 3 is 2.56 bits per heavy atom. The second-order valence-corrected chi connectivity index (χ2v) is 7.25. The van der Waals surface area contributed by atoms with E-state index in [1.807, 2.05) is 19.1 Å². The third-order valence-corrected chi connectivity index (χ3v) is 4.65. The minimum atomic E-state index is -0.0833. The van der Waals surface area contributed by atoms with Gasteiger partial charge in [-0.2, -0.15) is 0 Å². The van der Waals surface area contributed by atoms with Crippen molar-refractivity contribution in [2.24, 2.45) is 0 Å². The van der Waals surface area contributed by atoms with Gasteiger partial charge < -0.3 is 10.6 Å². The van der Waals surface area contributed by atoms with Gasteiger partial charge in [-0.25, -0.2) is 0 Å². The highest BCUT2D eigenvalue weighted by Crippen LogP contribution is 2.31. The molecule has 1 aromatic heterocycles. The van der Waals surface area contributed by atoms with Crippen molar-refractivity contribution in [1.82, 2.24) is 15.6 Å². The highest BCUT2D eigenvalue weighted by molar-refractivity contribution is 6.10. The van der Waals surface area contributed by atoms with E-state index in [0.717, 1.165) is 34.1 Å². The average Bonchev–Trinajstić information content (AvgIpc) is 2.64. The Bertz CT molecular complexity index is 963. The van der Waals surface area contributed by atoms with Gasteiger partial charge in [-0.05, 0) is 24.8 Å². The van der Waals surface area contributed by atoms with Gasteiger partial charge >= 0.3 is 0 Å². The van der Waals surface area contributed by atoms with Crippen LogP contribution in [-0.2, 0) is 0 Å². The Kier molecular flexibility index (Phi) is 5.87. The van der Waals surface area contributed by atoms with Crippen LogP contribution < -0.4 is 10.6 Å². The van der Waals surface area contributed by atoms with E-state index >= 15 is 0 Å². The number of rotatable bonds is 6. The molecule has 0 spiro atoms. The molecule has 4 nitrogen and oxygen atoms in total. The van der Waals surface area contributed by atoms with E-state index in [4.69, 9.17) is 0 Å². The zero-order valence-electron chi connectivity index (χ0n) is 16.5. The summed E-state index contributed by atoms with van der Waals surface area (Å²) >= 11 is 0. The molecule has 0 bridgehead atoms. The van der Waals surface area contributed by atoms with E-state index in [2.05, 4.69) is 66.7 Å². The summed E-state index contributed by atoms with van der Waals surface area (Å²) in [5, 5.41) is 8.25. The Labute approximate surface area is 161 Å². The molecule has 0 aliphatic heterocycles. The number of pyridine rings is 1. The van der Waals surface area contributed by atoms with E-state index in [9.17, 15) is 4.79 Å². The molecule has 0 aliphatic rings. The van der Waals surface area contributed by atoms with Gasteiger partial charge in [-0.3, -0.25) is 9.78 Å². The molecule has 1 amide bonds. The lowest BCUT2D eigenvalue weighted by Gasteiger charge is -2.14. The normalized spacial score (nSPS) is 11.1. The number of nitrogens with zero attached hydrogens (tertiary/aromatic N) is 1. The number of hydrogen-bond acceptors (Lipinski definition) is 3. The van der Waals surface area contributed by atoms with Crippen LogP contribution in [-0.4, -0.2) is 30.0 Å². The molecular weight excluding hydrogens is 334 g/mol. The summed E-state index contributed by atoms with van der Waals surface area (Å²) in [6.07, 6.45) is 1.70. The first kappa shape index (κ1) is 19.1. The van der Waals surface area contributed by atoms with Crippen LogP contribution in [0.3, 0.4) is 0 Å². The van der Waals surface area contributed by atoms with Crippen molar-refractivity contribution in [3.8, 4) is 11.3 Å². The molecule has 2 N–H and O–H groups in total. The molecular formula is C23H27N3O. The third-order valence-electron chi connectivity index (χ3n) is 4.65. The quantitative estimate of drug-likeness (QED) is 0.646. The molecule has 3 aromatic rings. The number of hydrogen-bond donors (Lipinski definition) is 2. The van der Waals surface area contributed by atoms with Crippen LogP contribution in [0.5, 0.6) is 0 Å². The molecule has 0 aliphatic carbocycles. The zero-order chi connectivity index (χ0) is 19.4. The van der Waals surface area contributed by atoms with Crippen LogP contribution >= 0.6 is 0 Å². The van der Waals surface area contributed by atoms with E-state index in [0.29, 0.717) is 18.2 Å². The number of aromatic nitrogens is 1. The first-order chi connectivity index (χ1) is 13.0. The average molecular weight is 361 g/mol.